The standard InChI is InChI=1S/C11H16N6/c1-4-5-17-9(6-13-16-17)10-11(12)15-8(3)7(2)14-10/h6H,4-5H2,1-3H3,(H2,12,15). The van der Waals surface area contributed by atoms with Crippen LogP contribution >= 0.6 is 0 Å². The summed E-state index contributed by atoms with van der Waals surface area (Å²) in [7, 11) is 0. The van der Waals surface area contributed by atoms with Gasteiger partial charge in [-0.1, -0.05) is 12.1 Å². The average Bonchev–Trinajstić information content (AvgIpc) is 2.72. The molecule has 2 heterocycles. The molecule has 90 valence electrons. The van der Waals surface area contributed by atoms with E-state index in [1.807, 2.05) is 13.8 Å². The molecule has 2 rings (SSSR count). The Labute approximate surface area is 99.9 Å². The number of anilines is 1. The molecule has 0 fully saturated rings. The Morgan fingerprint density at radius 3 is 2.65 bits per heavy atom. The number of nitrogens with zero attached hydrogens (tertiary/aromatic N) is 5. The molecule has 0 spiro atoms. The van der Waals surface area contributed by atoms with Gasteiger partial charge in [0.25, 0.3) is 0 Å². The lowest BCUT2D eigenvalue weighted by Gasteiger charge is -2.08. The van der Waals surface area contributed by atoms with Gasteiger partial charge in [0.2, 0.25) is 0 Å². The van der Waals surface area contributed by atoms with Crippen molar-refractivity contribution in [1.29, 1.82) is 0 Å². The zero-order valence-electron chi connectivity index (χ0n) is 10.3. The van der Waals surface area contributed by atoms with Crippen LogP contribution in [0.25, 0.3) is 11.4 Å². The van der Waals surface area contributed by atoms with E-state index < -0.39 is 0 Å². The van der Waals surface area contributed by atoms with Crippen molar-refractivity contribution in [2.75, 3.05) is 5.73 Å². The van der Waals surface area contributed by atoms with Gasteiger partial charge in [-0.2, -0.15) is 0 Å². The van der Waals surface area contributed by atoms with Crippen molar-refractivity contribution in [3.05, 3.63) is 17.6 Å². The molecular weight excluding hydrogens is 216 g/mol. The van der Waals surface area contributed by atoms with Gasteiger partial charge in [0.05, 0.1) is 17.6 Å². The van der Waals surface area contributed by atoms with Gasteiger partial charge in [-0.25, -0.2) is 14.6 Å². The lowest BCUT2D eigenvalue weighted by molar-refractivity contribution is 0.583. The molecule has 17 heavy (non-hydrogen) atoms. The Balaban J connectivity index is 2.52. The highest BCUT2D eigenvalue weighted by Crippen LogP contribution is 2.22. The summed E-state index contributed by atoms with van der Waals surface area (Å²) in [6.07, 6.45) is 2.65. The zero-order valence-corrected chi connectivity index (χ0v) is 10.3. The minimum absolute atomic E-state index is 0.424. The topological polar surface area (TPSA) is 82.5 Å². The first-order valence-electron chi connectivity index (χ1n) is 5.63. The first-order valence-corrected chi connectivity index (χ1v) is 5.63. The number of aryl methyl sites for hydroxylation is 3. The highest BCUT2D eigenvalue weighted by Gasteiger charge is 2.13. The summed E-state index contributed by atoms with van der Waals surface area (Å²) in [5.74, 6) is 0.424. The molecule has 0 bridgehead atoms. The number of hydrogen-bond acceptors (Lipinski definition) is 5. The molecule has 6 heteroatoms. The second-order valence-electron chi connectivity index (χ2n) is 3.97. The Bertz CT molecular complexity index is 531. The van der Waals surface area contributed by atoms with Crippen LogP contribution in [0.15, 0.2) is 6.20 Å². The number of rotatable bonds is 3. The minimum Gasteiger partial charge on any atom is -0.382 e. The molecule has 6 nitrogen and oxygen atoms in total. The molecule has 2 aromatic rings. The summed E-state index contributed by atoms with van der Waals surface area (Å²) in [5, 5.41) is 7.92. The maximum Gasteiger partial charge on any atom is 0.152 e. The molecule has 0 unspecified atom stereocenters. The predicted molar refractivity (Wildman–Crippen MR) is 65.2 cm³/mol. The summed E-state index contributed by atoms with van der Waals surface area (Å²) in [6.45, 7) is 6.69. The molecular formula is C11H16N6. The van der Waals surface area contributed by atoms with E-state index >= 15 is 0 Å². The van der Waals surface area contributed by atoms with Crippen LogP contribution in [-0.4, -0.2) is 25.0 Å². The van der Waals surface area contributed by atoms with Crippen LogP contribution in [0.2, 0.25) is 0 Å². The van der Waals surface area contributed by atoms with Crippen molar-refractivity contribution in [2.45, 2.75) is 33.7 Å². The Morgan fingerprint density at radius 2 is 1.94 bits per heavy atom. The third kappa shape index (κ3) is 2.11. The van der Waals surface area contributed by atoms with Crippen LogP contribution in [0.4, 0.5) is 5.82 Å². The highest BCUT2D eigenvalue weighted by atomic mass is 15.4. The maximum absolute atomic E-state index is 5.90. The lowest BCUT2D eigenvalue weighted by Crippen LogP contribution is -2.07. The molecule has 0 aliphatic heterocycles. The van der Waals surface area contributed by atoms with Crippen molar-refractivity contribution >= 4 is 5.82 Å². The molecule has 0 amide bonds. The number of hydrogen-bond donors (Lipinski definition) is 1. The quantitative estimate of drug-likeness (QED) is 0.863. The van der Waals surface area contributed by atoms with Gasteiger partial charge in [0.15, 0.2) is 5.82 Å². The Hall–Kier alpha value is -1.98. The number of nitrogens with two attached hydrogens (primary N) is 1. The molecule has 0 aliphatic carbocycles. The second-order valence-corrected chi connectivity index (χ2v) is 3.97. The van der Waals surface area contributed by atoms with E-state index in [1.165, 1.54) is 0 Å². The summed E-state index contributed by atoms with van der Waals surface area (Å²) < 4.78 is 1.80. The maximum atomic E-state index is 5.90. The number of aromatic nitrogens is 5. The zero-order chi connectivity index (χ0) is 12.4. The summed E-state index contributed by atoms with van der Waals surface area (Å²) in [6, 6.07) is 0. The molecule has 0 aromatic carbocycles. The molecule has 2 N–H and O–H groups in total. The van der Waals surface area contributed by atoms with E-state index in [-0.39, 0.29) is 0 Å². The molecule has 0 saturated carbocycles. The van der Waals surface area contributed by atoms with Crippen molar-refractivity contribution < 1.29 is 0 Å². The SMILES string of the molecule is CCCn1nncc1-c1nc(C)c(C)nc1N. The predicted octanol–water partition coefficient (Wildman–Crippen LogP) is 1.34. The molecule has 2 aromatic heterocycles. The van der Waals surface area contributed by atoms with E-state index in [0.717, 1.165) is 30.0 Å². The first-order chi connectivity index (χ1) is 8.13. The van der Waals surface area contributed by atoms with Crippen LogP contribution < -0.4 is 5.73 Å². The second kappa shape index (κ2) is 4.48. The fraction of sp³-hybridized carbons (Fsp3) is 0.455. The minimum atomic E-state index is 0.424. The fourth-order valence-electron chi connectivity index (χ4n) is 1.63. The summed E-state index contributed by atoms with van der Waals surface area (Å²) >= 11 is 0. The third-order valence-corrected chi connectivity index (χ3v) is 2.63. The summed E-state index contributed by atoms with van der Waals surface area (Å²) in [4.78, 5) is 8.75. The van der Waals surface area contributed by atoms with Crippen LogP contribution in [-0.2, 0) is 6.54 Å². The molecule has 0 radical (unpaired) electrons. The average molecular weight is 232 g/mol. The van der Waals surface area contributed by atoms with Crippen molar-refractivity contribution in [3.8, 4) is 11.4 Å². The van der Waals surface area contributed by atoms with E-state index in [1.54, 1.807) is 10.9 Å². The number of nitrogen functional groups attached to an aromatic ring is 1. The summed E-state index contributed by atoms with van der Waals surface area (Å²) in [5.41, 5.74) is 9.10. The van der Waals surface area contributed by atoms with Crippen LogP contribution in [0.5, 0.6) is 0 Å². The lowest BCUT2D eigenvalue weighted by atomic mass is 10.2. The van der Waals surface area contributed by atoms with E-state index in [4.69, 9.17) is 5.73 Å². The van der Waals surface area contributed by atoms with Crippen LogP contribution in [0, 0.1) is 13.8 Å². The van der Waals surface area contributed by atoms with Crippen molar-refractivity contribution in [3.63, 3.8) is 0 Å². The molecule has 0 saturated heterocycles. The van der Waals surface area contributed by atoms with Crippen molar-refractivity contribution in [2.24, 2.45) is 0 Å². The smallest absolute Gasteiger partial charge is 0.152 e. The first kappa shape index (κ1) is 11.5. The van der Waals surface area contributed by atoms with Gasteiger partial charge in [0, 0.05) is 6.54 Å². The van der Waals surface area contributed by atoms with Gasteiger partial charge in [0.1, 0.15) is 11.4 Å². The van der Waals surface area contributed by atoms with Gasteiger partial charge in [-0.3, -0.25) is 0 Å². The third-order valence-electron chi connectivity index (χ3n) is 2.63. The van der Waals surface area contributed by atoms with E-state index in [0.29, 0.717) is 11.5 Å². The van der Waals surface area contributed by atoms with Gasteiger partial charge >= 0.3 is 0 Å². The van der Waals surface area contributed by atoms with Crippen LogP contribution in [0.1, 0.15) is 24.7 Å². The van der Waals surface area contributed by atoms with E-state index in [2.05, 4.69) is 27.2 Å². The fourth-order valence-corrected chi connectivity index (χ4v) is 1.63. The largest absolute Gasteiger partial charge is 0.382 e. The van der Waals surface area contributed by atoms with Gasteiger partial charge < -0.3 is 5.73 Å². The van der Waals surface area contributed by atoms with Gasteiger partial charge in [-0.15, -0.1) is 5.10 Å². The van der Waals surface area contributed by atoms with E-state index in [9.17, 15) is 0 Å². The highest BCUT2D eigenvalue weighted by molar-refractivity contribution is 5.66. The Kier molecular flexibility index (Phi) is 3.03. The van der Waals surface area contributed by atoms with Crippen molar-refractivity contribution in [1.82, 2.24) is 25.0 Å². The normalized spacial score (nSPS) is 10.8. The monoisotopic (exact) mass is 232 g/mol. The molecule has 0 atom stereocenters. The van der Waals surface area contributed by atoms with Gasteiger partial charge in [-0.05, 0) is 20.3 Å². The van der Waals surface area contributed by atoms with Crippen LogP contribution in [0.3, 0.4) is 0 Å². The molecule has 0 aliphatic rings. The Morgan fingerprint density at radius 1 is 1.24 bits per heavy atom.